The van der Waals surface area contributed by atoms with Crippen molar-refractivity contribution in [3.8, 4) is 5.75 Å². The standard InChI is InChI=1S/C16H25N3O4/c1-12(2)17-16(21)11-19-10-15(22-3)14(20)8-13(19)9-18-4-6-23-7-5-18/h8,10,12H,4-7,9,11H2,1-3H3,(H,17,21). The first-order valence-electron chi connectivity index (χ1n) is 7.86. The molecule has 0 bridgehead atoms. The number of morpholine rings is 1. The minimum Gasteiger partial charge on any atom is -0.491 e. The number of methoxy groups -OCH3 is 1. The van der Waals surface area contributed by atoms with Gasteiger partial charge in [0.25, 0.3) is 0 Å². The average molecular weight is 323 g/mol. The Labute approximate surface area is 136 Å². The van der Waals surface area contributed by atoms with Crippen LogP contribution in [0.2, 0.25) is 0 Å². The molecule has 0 unspecified atom stereocenters. The summed E-state index contributed by atoms with van der Waals surface area (Å²) in [7, 11) is 1.46. The first-order valence-corrected chi connectivity index (χ1v) is 7.86. The van der Waals surface area contributed by atoms with Crippen LogP contribution >= 0.6 is 0 Å². The van der Waals surface area contributed by atoms with E-state index < -0.39 is 0 Å². The molecule has 0 aromatic carbocycles. The Morgan fingerprint density at radius 1 is 1.39 bits per heavy atom. The highest BCUT2D eigenvalue weighted by molar-refractivity contribution is 5.76. The molecule has 1 fully saturated rings. The lowest BCUT2D eigenvalue weighted by Crippen LogP contribution is -2.38. The Kier molecular flexibility index (Phi) is 6.18. The number of nitrogens with zero attached hydrogens (tertiary/aromatic N) is 2. The summed E-state index contributed by atoms with van der Waals surface area (Å²) in [6, 6.07) is 1.63. The molecule has 2 heterocycles. The summed E-state index contributed by atoms with van der Waals surface area (Å²) in [5.74, 6) is 0.155. The van der Waals surface area contributed by atoms with Crippen molar-refractivity contribution in [2.24, 2.45) is 0 Å². The normalized spacial score (nSPS) is 15.7. The zero-order chi connectivity index (χ0) is 16.8. The topological polar surface area (TPSA) is 72.8 Å². The lowest BCUT2D eigenvalue weighted by Gasteiger charge is -2.27. The number of hydrogen-bond acceptors (Lipinski definition) is 5. The average Bonchev–Trinajstić information content (AvgIpc) is 2.50. The maximum absolute atomic E-state index is 12.1. The number of ether oxygens (including phenoxy) is 2. The van der Waals surface area contributed by atoms with Crippen molar-refractivity contribution in [2.75, 3.05) is 33.4 Å². The van der Waals surface area contributed by atoms with Crippen LogP contribution in [-0.2, 0) is 22.6 Å². The Bertz CT molecular complexity index is 591. The van der Waals surface area contributed by atoms with Crippen molar-refractivity contribution in [3.63, 3.8) is 0 Å². The molecule has 7 nitrogen and oxygen atoms in total. The summed E-state index contributed by atoms with van der Waals surface area (Å²) in [6.07, 6.45) is 1.61. The van der Waals surface area contributed by atoms with Crippen LogP contribution in [0.3, 0.4) is 0 Å². The molecule has 23 heavy (non-hydrogen) atoms. The monoisotopic (exact) mass is 323 g/mol. The molecule has 1 aliphatic heterocycles. The first kappa shape index (κ1) is 17.5. The smallest absolute Gasteiger partial charge is 0.240 e. The molecule has 128 valence electrons. The largest absolute Gasteiger partial charge is 0.491 e. The molecule has 1 N–H and O–H groups in total. The first-order chi connectivity index (χ1) is 11.0. The summed E-state index contributed by atoms with van der Waals surface area (Å²) >= 11 is 0. The van der Waals surface area contributed by atoms with Gasteiger partial charge >= 0.3 is 0 Å². The summed E-state index contributed by atoms with van der Waals surface area (Å²) in [6.45, 7) is 7.61. The number of carbonyl (C=O) groups excluding carboxylic acids is 1. The quantitative estimate of drug-likeness (QED) is 0.810. The van der Waals surface area contributed by atoms with Crippen molar-refractivity contribution < 1.29 is 14.3 Å². The summed E-state index contributed by atoms with van der Waals surface area (Å²) in [5, 5.41) is 2.86. The Morgan fingerprint density at radius 3 is 2.70 bits per heavy atom. The summed E-state index contributed by atoms with van der Waals surface area (Å²) in [5.41, 5.74) is 0.632. The third-order valence-electron chi connectivity index (χ3n) is 3.66. The molecular formula is C16H25N3O4. The van der Waals surface area contributed by atoms with Crippen LogP contribution in [0.15, 0.2) is 17.1 Å². The highest BCUT2D eigenvalue weighted by atomic mass is 16.5. The van der Waals surface area contributed by atoms with Crippen molar-refractivity contribution in [1.82, 2.24) is 14.8 Å². The number of carbonyl (C=O) groups is 1. The molecule has 2 rings (SSSR count). The van der Waals surface area contributed by atoms with E-state index in [4.69, 9.17) is 9.47 Å². The van der Waals surface area contributed by atoms with Gasteiger partial charge < -0.3 is 19.4 Å². The number of hydrogen-bond donors (Lipinski definition) is 1. The van der Waals surface area contributed by atoms with Crippen molar-refractivity contribution in [1.29, 1.82) is 0 Å². The van der Waals surface area contributed by atoms with E-state index in [1.54, 1.807) is 16.8 Å². The van der Waals surface area contributed by atoms with Crippen molar-refractivity contribution in [2.45, 2.75) is 33.0 Å². The van der Waals surface area contributed by atoms with E-state index in [0.717, 1.165) is 18.8 Å². The van der Waals surface area contributed by atoms with E-state index in [2.05, 4.69) is 10.2 Å². The Balaban J connectivity index is 2.21. The molecule has 0 radical (unpaired) electrons. The molecule has 0 atom stereocenters. The second-order valence-electron chi connectivity index (χ2n) is 5.94. The zero-order valence-corrected chi connectivity index (χ0v) is 14.0. The SMILES string of the molecule is COc1cn(CC(=O)NC(C)C)c(CN2CCOCC2)cc1=O. The Morgan fingerprint density at radius 2 is 2.09 bits per heavy atom. The van der Waals surface area contributed by atoms with Crippen LogP contribution in [0.25, 0.3) is 0 Å². The number of nitrogens with one attached hydrogen (secondary N) is 1. The molecule has 1 aliphatic rings. The van der Waals surface area contributed by atoms with Crippen LogP contribution in [0, 0.1) is 0 Å². The van der Waals surface area contributed by atoms with E-state index in [1.165, 1.54) is 7.11 Å². The molecule has 1 aromatic heterocycles. The van der Waals surface area contributed by atoms with E-state index in [0.29, 0.717) is 19.8 Å². The van der Waals surface area contributed by atoms with E-state index in [1.807, 2.05) is 13.8 Å². The van der Waals surface area contributed by atoms with Gasteiger partial charge in [-0.15, -0.1) is 0 Å². The third-order valence-corrected chi connectivity index (χ3v) is 3.66. The fourth-order valence-electron chi connectivity index (χ4n) is 2.54. The van der Waals surface area contributed by atoms with Gasteiger partial charge in [-0.25, -0.2) is 0 Å². The Hall–Kier alpha value is -1.86. The van der Waals surface area contributed by atoms with Crippen LogP contribution in [0.1, 0.15) is 19.5 Å². The van der Waals surface area contributed by atoms with Gasteiger partial charge in [-0.2, -0.15) is 0 Å². The predicted molar refractivity (Wildman–Crippen MR) is 86.6 cm³/mol. The van der Waals surface area contributed by atoms with Gasteiger partial charge in [-0.1, -0.05) is 0 Å². The molecular weight excluding hydrogens is 298 g/mol. The summed E-state index contributed by atoms with van der Waals surface area (Å²) in [4.78, 5) is 26.3. The minimum absolute atomic E-state index is 0.0754. The molecule has 0 saturated carbocycles. The van der Waals surface area contributed by atoms with Gasteiger partial charge in [-0.3, -0.25) is 14.5 Å². The lowest BCUT2D eigenvalue weighted by molar-refractivity contribution is -0.122. The maximum atomic E-state index is 12.1. The van der Waals surface area contributed by atoms with Gasteiger partial charge in [0, 0.05) is 37.4 Å². The van der Waals surface area contributed by atoms with Crippen LogP contribution in [0.4, 0.5) is 0 Å². The van der Waals surface area contributed by atoms with Crippen LogP contribution in [0.5, 0.6) is 5.75 Å². The second-order valence-corrected chi connectivity index (χ2v) is 5.94. The fourth-order valence-corrected chi connectivity index (χ4v) is 2.54. The predicted octanol–water partition coefficient (Wildman–Crippen LogP) is 0.214. The molecule has 1 amide bonds. The van der Waals surface area contributed by atoms with Crippen molar-refractivity contribution in [3.05, 3.63) is 28.2 Å². The van der Waals surface area contributed by atoms with Gasteiger partial charge in [0.2, 0.25) is 11.3 Å². The van der Waals surface area contributed by atoms with Gasteiger partial charge in [0.1, 0.15) is 6.54 Å². The van der Waals surface area contributed by atoms with Gasteiger partial charge in [0.05, 0.1) is 26.5 Å². The highest BCUT2D eigenvalue weighted by Crippen LogP contribution is 2.10. The second kappa shape index (κ2) is 8.12. The molecule has 1 saturated heterocycles. The van der Waals surface area contributed by atoms with Gasteiger partial charge in [-0.05, 0) is 13.8 Å². The van der Waals surface area contributed by atoms with Crippen LogP contribution in [-0.4, -0.2) is 54.8 Å². The number of pyridine rings is 1. The van der Waals surface area contributed by atoms with Crippen LogP contribution < -0.4 is 15.5 Å². The number of aromatic nitrogens is 1. The molecule has 0 aliphatic carbocycles. The molecule has 1 aromatic rings. The number of rotatable bonds is 6. The van der Waals surface area contributed by atoms with E-state index in [-0.39, 0.29) is 29.7 Å². The highest BCUT2D eigenvalue weighted by Gasteiger charge is 2.16. The van der Waals surface area contributed by atoms with Crippen molar-refractivity contribution >= 4 is 5.91 Å². The van der Waals surface area contributed by atoms with E-state index >= 15 is 0 Å². The minimum atomic E-state index is -0.170. The van der Waals surface area contributed by atoms with E-state index in [9.17, 15) is 9.59 Å². The lowest BCUT2D eigenvalue weighted by atomic mass is 10.2. The van der Waals surface area contributed by atoms with Gasteiger partial charge in [0.15, 0.2) is 5.75 Å². The third kappa shape index (κ3) is 5.07. The summed E-state index contributed by atoms with van der Waals surface area (Å²) < 4.78 is 12.2. The maximum Gasteiger partial charge on any atom is 0.240 e. The fraction of sp³-hybridized carbons (Fsp3) is 0.625. The number of amides is 1. The molecule has 7 heteroatoms. The zero-order valence-electron chi connectivity index (χ0n) is 14.0. The molecule has 0 spiro atoms.